The van der Waals surface area contributed by atoms with Crippen LogP contribution in [0.2, 0.25) is 0 Å². The van der Waals surface area contributed by atoms with Crippen LogP contribution >= 0.6 is 0 Å². The summed E-state index contributed by atoms with van der Waals surface area (Å²) in [5.41, 5.74) is 6.71. The molecule has 0 spiro atoms. The molecule has 1 rings (SSSR count). The second kappa shape index (κ2) is 4.02. The fourth-order valence-corrected chi connectivity index (χ4v) is 1.01. The lowest BCUT2D eigenvalue weighted by molar-refractivity contribution is -0.118. The third-order valence-corrected chi connectivity index (χ3v) is 1.82. The van der Waals surface area contributed by atoms with E-state index >= 15 is 0 Å². The molecule has 2 heteroatoms. The first kappa shape index (κ1) is 8.94. The first-order valence-corrected chi connectivity index (χ1v) is 4.00. The summed E-state index contributed by atoms with van der Waals surface area (Å²) in [6, 6.07) is 9.44. The van der Waals surface area contributed by atoms with Crippen molar-refractivity contribution in [3.63, 3.8) is 0 Å². The second-order valence-corrected chi connectivity index (χ2v) is 2.91. The van der Waals surface area contributed by atoms with Crippen molar-refractivity contribution in [2.24, 2.45) is 5.73 Å². The lowest BCUT2D eigenvalue weighted by atomic mass is 10.0. The van der Waals surface area contributed by atoms with E-state index in [1.807, 2.05) is 30.3 Å². The van der Waals surface area contributed by atoms with E-state index < -0.39 is 0 Å². The molecular weight excluding hydrogens is 150 g/mol. The van der Waals surface area contributed by atoms with Gasteiger partial charge in [-0.3, -0.25) is 4.79 Å². The van der Waals surface area contributed by atoms with Gasteiger partial charge in [0.05, 0.1) is 6.04 Å². The van der Waals surface area contributed by atoms with Crippen LogP contribution < -0.4 is 5.73 Å². The molecule has 1 aromatic carbocycles. The van der Waals surface area contributed by atoms with Crippen molar-refractivity contribution in [2.75, 3.05) is 0 Å². The number of hydrogen-bond acceptors (Lipinski definition) is 2. The minimum absolute atomic E-state index is 0.0406. The van der Waals surface area contributed by atoms with Gasteiger partial charge in [-0.05, 0) is 18.9 Å². The van der Waals surface area contributed by atoms with E-state index in [1.165, 1.54) is 6.92 Å². The van der Waals surface area contributed by atoms with Gasteiger partial charge in [-0.2, -0.15) is 0 Å². The molecule has 0 bridgehead atoms. The number of ketones is 1. The molecule has 0 radical (unpaired) electrons. The summed E-state index contributed by atoms with van der Waals surface area (Å²) in [7, 11) is 0. The molecule has 0 saturated heterocycles. The Labute approximate surface area is 72.4 Å². The van der Waals surface area contributed by atoms with Crippen molar-refractivity contribution in [1.29, 1.82) is 0 Å². The van der Waals surface area contributed by atoms with E-state index in [-0.39, 0.29) is 11.8 Å². The van der Waals surface area contributed by atoms with Crippen molar-refractivity contribution in [1.82, 2.24) is 0 Å². The van der Waals surface area contributed by atoms with Gasteiger partial charge in [0.15, 0.2) is 0 Å². The summed E-state index contributed by atoms with van der Waals surface area (Å²) >= 11 is 0. The molecule has 0 fully saturated rings. The molecule has 1 atom stereocenters. The quantitative estimate of drug-likeness (QED) is 0.726. The Balaban J connectivity index is 2.58. The van der Waals surface area contributed by atoms with Crippen LogP contribution in [0.15, 0.2) is 30.3 Å². The topological polar surface area (TPSA) is 43.1 Å². The molecule has 12 heavy (non-hydrogen) atoms. The molecule has 0 heterocycles. The van der Waals surface area contributed by atoms with Gasteiger partial charge in [0.25, 0.3) is 0 Å². The van der Waals surface area contributed by atoms with Crippen LogP contribution in [0.5, 0.6) is 0 Å². The smallest absolute Gasteiger partial charge is 0.146 e. The zero-order chi connectivity index (χ0) is 8.97. The van der Waals surface area contributed by atoms with E-state index in [0.29, 0.717) is 6.42 Å². The van der Waals surface area contributed by atoms with Crippen LogP contribution in [0.25, 0.3) is 0 Å². The van der Waals surface area contributed by atoms with Gasteiger partial charge in [-0.15, -0.1) is 0 Å². The maximum atomic E-state index is 10.8. The van der Waals surface area contributed by atoms with Crippen molar-refractivity contribution < 1.29 is 4.79 Å². The molecule has 0 aliphatic rings. The van der Waals surface area contributed by atoms with Crippen LogP contribution in [-0.4, -0.2) is 11.8 Å². The highest BCUT2D eigenvalue weighted by atomic mass is 16.1. The highest BCUT2D eigenvalue weighted by Crippen LogP contribution is 2.01. The lowest BCUT2D eigenvalue weighted by Gasteiger charge is -2.06. The van der Waals surface area contributed by atoms with Crippen molar-refractivity contribution >= 4 is 5.78 Å². The zero-order valence-corrected chi connectivity index (χ0v) is 7.16. The Bertz CT molecular complexity index is 256. The van der Waals surface area contributed by atoms with Crippen LogP contribution in [0.3, 0.4) is 0 Å². The van der Waals surface area contributed by atoms with Gasteiger partial charge >= 0.3 is 0 Å². The first-order chi connectivity index (χ1) is 5.70. The van der Waals surface area contributed by atoms with E-state index in [4.69, 9.17) is 5.73 Å². The van der Waals surface area contributed by atoms with Gasteiger partial charge < -0.3 is 5.73 Å². The molecule has 1 aromatic rings. The normalized spacial score (nSPS) is 12.5. The summed E-state index contributed by atoms with van der Waals surface area (Å²) in [6.07, 6.45) is 0.635. The molecule has 0 amide bonds. The number of carbonyl (C=O) groups excluding carboxylic acids is 1. The lowest BCUT2D eigenvalue weighted by Crippen LogP contribution is -2.30. The van der Waals surface area contributed by atoms with E-state index in [0.717, 1.165) is 5.56 Å². The fraction of sp³-hybridized carbons (Fsp3) is 0.300. The minimum Gasteiger partial charge on any atom is -0.321 e. The number of Topliss-reactive ketones (excluding diaryl/α,β-unsaturated/α-hetero) is 1. The Hall–Kier alpha value is -1.15. The molecule has 64 valence electrons. The molecule has 2 N–H and O–H groups in total. The number of hydrogen-bond donors (Lipinski definition) is 1. The average Bonchev–Trinajstić information content (AvgIpc) is 2.06. The van der Waals surface area contributed by atoms with E-state index in [9.17, 15) is 4.79 Å². The molecule has 0 aromatic heterocycles. The van der Waals surface area contributed by atoms with Gasteiger partial charge in [0.1, 0.15) is 5.78 Å². The summed E-state index contributed by atoms with van der Waals surface area (Å²) < 4.78 is 0. The molecular formula is C10H13NO. The second-order valence-electron chi connectivity index (χ2n) is 2.91. The fourth-order valence-electron chi connectivity index (χ4n) is 1.01. The average molecular weight is 163 g/mol. The van der Waals surface area contributed by atoms with Crippen molar-refractivity contribution in [2.45, 2.75) is 19.4 Å². The van der Waals surface area contributed by atoms with Gasteiger partial charge in [-0.1, -0.05) is 30.3 Å². The summed E-state index contributed by atoms with van der Waals surface area (Å²) in [4.78, 5) is 10.8. The van der Waals surface area contributed by atoms with Crippen molar-refractivity contribution in [3.8, 4) is 0 Å². The third-order valence-electron chi connectivity index (χ3n) is 1.82. The number of rotatable bonds is 3. The SMILES string of the molecule is CC(=O)[C@@H](N)Cc1ccccc1. The maximum Gasteiger partial charge on any atom is 0.146 e. The molecule has 0 unspecified atom stereocenters. The molecule has 0 aliphatic heterocycles. The number of nitrogens with two attached hydrogens (primary N) is 1. The molecule has 0 aliphatic carbocycles. The van der Waals surface area contributed by atoms with Crippen LogP contribution in [0.4, 0.5) is 0 Å². The standard InChI is InChI=1S/C10H13NO/c1-8(12)10(11)7-9-5-3-2-4-6-9/h2-6,10H,7,11H2,1H3/t10-/m0/s1. The Morgan fingerprint density at radius 2 is 2.00 bits per heavy atom. The summed E-state index contributed by atoms with van der Waals surface area (Å²) in [5, 5.41) is 0. The Morgan fingerprint density at radius 3 is 2.50 bits per heavy atom. The number of carbonyl (C=O) groups is 1. The third kappa shape index (κ3) is 2.47. The van der Waals surface area contributed by atoms with Crippen molar-refractivity contribution in [3.05, 3.63) is 35.9 Å². The van der Waals surface area contributed by atoms with Crippen LogP contribution in [0.1, 0.15) is 12.5 Å². The van der Waals surface area contributed by atoms with E-state index in [1.54, 1.807) is 0 Å². The highest BCUT2D eigenvalue weighted by Gasteiger charge is 2.07. The molecule has 2 nitrogen and oxygen atoms in total. The van der Waals surface area contributed by atoms with Crippen LogP contribution in [-0.2, 0) is 11.2 Å². The molecule has 0 saturated carbocycles. The number of benzene rings is 1. The monoisotopic (exact) mass is 163 g/mol. The largest absolute Gasteiger partial charge is 0.321 e. The highest BCUT2D eigenvalue weighted by molar-refractivity contribution is 5.81. The van der Waals surface area contributed by atoms with Gasteiger partial charge in [-0.25, -0.2) is 0 Å². The first-order valence-electron chi connectivity index (χ1n) is 4.00. The minimum atomic E-state index is -0.354. The van der Waals surface area contributed by atoms with Gasteiger partial charge in [0.2, 0.25) is 0 Å². The summed E-state index contributed by atoms with van der Waals surface area (Å²) in [6.45, 7) is 1.52. The maximum absolute atomic E-state index is 10.8. The zero-order valence-electron chi connectivity index (χ0n) is 7.16. The summed E-state index contributed by atoms with van der Waals surface area (Å²) in [5.74, 6) is 0.0406. The predicted octanol–water partition coefficient (Wildman–Crippen LogP) is 1.15. The predicted molar refractivity (Wildman–Crippen MR) is 48.8 cm³/mol. The van der Waals surface area contributed by atoms with Gasteiger partial charge in [0, 0.05) is 0 Å². The Morgan fingerprint density at radius 1 is 1.42 bits per heavy atom. The van der Waals surface area contributed by atoms with Crippen LogP contribution in [0, 0.1) is 0 Å². The van der Waals surface area contributed by atoms with E-state index in [2.05, 4.69) is 0 Å². The Kier molecular flexibility index (Phi) is 3.00.